The zero-order chi connectivity index (χ0) is 10.9. The molecule has 1 aromatic heterocycles. The lowest BCUT2D eigenvalue weighted by molar-refractivity contribution is -0.138. The molecule has 78 valence electrons. The second-order valence-corrected chi connectivity index (χ2v) is 4.27. The molecule has 5 heteroatoms. The van der Waals surface area contributed by atoms with Crippen molar-refractivity contribution in [3.05, 3.63) is 17.5 Å². The first kappa shape index (κ1) is 10.7. The first-order chi connectivity index (χ1) is 6.32. The van der Waals surface area contributed by atoms with Gasteiger partial charge in [0.25, 0.3) is 0 Å². The summed E-state index contributed by atoms with van der Waals surface area (Å²) >= 11 is 0. The van der Waals surface area contributed by atoms with Gasteiger partial charge in [0, 0.05) is 5.41 Å². The maximum atomic E-state index is 10.6. The smallest absolute Gasteiger partial charge is 0.326 e. The summed E-state index contributed by atoms with van der Waals surface area (Å²) in [6.07, 6.45) is 0. The van der Waals surface area contributed by atoms with Crippen molar-refractivity contribution in [1.29, 1.82) is 0 Å². The third kappa shape index (κ3) is 2.11. The third-order valence-electron chi connectivity index (χ3n) is 1.97. The van der Waals surface area contributed by atoms with E-state index < -0.39 is 12.0 Å². The van der Waals surface area contributed by atoms with E-state index in [-0.39, 0.29) is 5.41 Å². The molecule has 0 saturated carbocycles. The van der Waals surface area contributed by atoms with Gasteiger partial charge in [0.05, 0.1) is 11.4 Å². The van der Waals surface area contributed by atoms with Gasteiger partial charge >= 0.3 is 5.97 Å². The van der Waals surface area contributed by atoms with Gasteiger partial charge in [-0.3, -0.25) is 9.89 Å². The van der Waals surface area contributed by atoms with Crippen LogP contribution in [0.2, 0.25) is 0 Å². The molecule has 4 N–H and O–H groups in total. The topological polar surface area (TPSA) is 92.0 Å². The summed E-state index contributed by atoms with van der Waals surface area (Å²) in [5.74, 6) is -1.06. The largest absolute Gasteiger partial charge is 0.480 e. The summed E-state index contributed by atoms with van der Waals surface area (Å²) in [5, 5.41) is 15.3. The Labute approximate surface area is 82.3 Å². The lowest BCUT2D eigenvalue weighted by atomic mass is 9.92. The fourth-order valence-electron chi connectivity index (χ4n) is 1.01. The molecular formula is C9H15N3O2. The van der Waals surface area contributed by atoms with Crippen LogP contribution in [0, 0.1) is 0 Å². The van der Waals surface area contributed by atoms with E-state index in [1.807, 2.05) is 20.8 Å². The van der Waals surface area contributed by atoms with Crippen LogP contribution in [0.25, 0.3) is 0 Å². The highest BCUT2D eigenvalue weighted by Crippen LogP contribution is 2.21. The normalized spacial score (nSPS) is 14.0. The Morgan fingerprint density at radius 2 is 2.21 bits per heavy atom. The molecule has 0 aliphatic carbocycles. The zero-order valence-electron chi connectivity index (χ0n) is 8.53. The van der Waals surface area contributed by atoms with Gasteiger partial charge < -0.3 is 10.8 Å². The van der Waals surface area contributed by atoms with Gasteiger partial charge in [-0.25, -0.2) is 0 Å². The molecule has 0 saturated heterocycles. The fourth-order valence-corrected chi connectivity index (χ4v) is 1.01. The number of carboxylic acids is 1. The van der Waals surface area contributed by atoms with Crippen LogP contribution in [0.4, 0.5) is 0 Å². The summed E-state index contributed by atoms with van der Waals surface area (Å²) < 4.78 is 0. The summed E-state index contributed by atoms with van der Waals surface area (Å²) in [6, 6.07) is 0.664. The molecule has 14 heavy (non-hydrogen) atoms. The molecule has 0 aliphatic rings. The van der Waals surface area contributed by atoms with Crippen LogP contribution in [0.3, 0.4) is 0 Å². The number of carboxylic acid groups (broad SMARTS) is 1. The molecule has 1 atom stereocenters. The van der Waals surface area contributed by atoms with Crippen LogP contribution in [0.5, 0.6) is 0 Å². The predicted molar refractivity (Wildman–Crippen MR) is 51.9 cm³/mol. The fraction of sp³-hybridized carbons (Fsp3) is 0.556. The first-order valence-corrected chi connectivity index (χ1v) is 4.36. The molecule has 0 radical (unpaired) electrons. The van der Waals surface area contributed by atoms with Crippen LogP contribution < -0.4 is 5.73 Å². The SMILES string of the molecule is CC(C)(C)c1cc(C(N)C(=O)O)[nH]n1. The van der Waals surface area contributed by atoms with Crippen molar-refractivity contribution in [1.82, 2.24) is 10.2 Å². The predicted octanol–water partition coefficient (Wildman–Crippen LogP) is 0.792. The number of hydrogen-bond acceptors (Lipinski definition) is 3. The Balaban J connectivity index is 2.94. The third-order valence-corrected chi connectivity index (χ3v) is 1.97. The van der Waals surface area contributed by atoms with Crippen molar-refractivity contribution >= 4 is 5.97 Å². The molecule has 1 unspecified atom stereocenters. The van der Waals surface area contributed by atoms with E-state index in [1.165, 1.54) is 0 Å². The van der Waals surface area contributed by atoms with E-state index in [9.17, 15) is 4.79 Å². The van der Waals surface area contributed by atoms with Crippen molar-refractivity contribution in [2.45, 2.75) is 32.2 Å². The van der Waals surface area contributed by atoms with Gasteiger partial charge in [-0.1, -0.05) is 20.8 Å². The molecule has 1 aromatic rings. The monoisotopic (exact) mass is 197 g/mol. The molecular weight excluding hydrogens is 182 g/mol. The van der Waals surface area contributed by atoms with Crippen molar-refractivity contribution in [2.75, 3.05) is 0 Å². The summed E-state index contributed by atoms with van der Waals surface area (Å²) in [7, 11) is 0. The number of nitrogens with zero attached hydrogens (tertiary/aromatic N) is 1. The van der Waals surface area contributed by atoms with Gasteiger partial charge in [0.15, 0.2) is 0 Å². The van der Waals surface area contributed by atoms with Crippen molar-refractivity contribution in [3.63, 3.8) is 0 Å². The average Bonchev–Trinajstić information content (AvgIpc) is 2.49. The maximum Gasteiger partial charge on any atom is 0.326 e. The number of carbonyl (C=O) groups is 1. The number of rotatable bonds is 2. The highest BCUT2D eigenvalue weighted by Gasteiger charge is 2.22. The summed E-state index contributed by atoms with van der Waals surface area (Å²) in [4.78, 5) is 10.6. The number of H-pyrrole nitrogens is 1. The Morgan fingerprint density at radius 3 is 2.57 bits per heavy atom. The Bertz CT molecular complexity index is 338. The number of aromatic nitrogens is 2. The van der Waals surface area contributed by atoms with Gasteiger partial charge in [-0.2, -0.15) is 5.10 Å². The highest BCUT2D eigenvalue weighted by atomic mass is 16.4. The standard InChI is InChI=1S/C9H15N3O2/c1-9(2,3)6-4-5(11-12-6)7(10)8(13)14/h4,7H,10H2,1-3H3,(H,11,12)(H,13,14). The lowest BCUT2D eigenvalue weighted by Crippen LogP contribution is -2.21. The Kier molecular flexibility index (Phi) is 2.62. The Hall–Kier alpha value is -1.36. The van der Waals surface area contributed by atoms with Crippen molar-refractivity contribution in [2.24, 2.45) is 5.73 Å². The molecule has 0 bridgehead atoms. The van der Waals surface area contributed by atoms with E-state index >= 15 is 0 Å². The second-order valence-electron chi connectivity index (χ2n) is 4.27. The molecule has 0 spiro atoms. The molecule has 0 amide bonds. The van der Waals surface area contributed by atoms with E-state index in [1.54, 1.807) is 6.07 Å². The van der Waals surface area contributed by atoms with Crippen LogP contribution >= 0.6 is 0 Å². The molecule has 0 fully saturated rings. The quantitative estimate of drug-likeness (QED) is 0.653. The number of aromatic amines is 1. The highest BCUT2D eigenvalue weighted by molar-refractivity contribution is 5.74. The zero-order valence-corrected chi connectivity index (χ0v) is 8.53. The average molecular weight is 197 g/mol. The molecule has 1 heterocycles. The minimum Gasteiger partial charge on any atom is -0.480 e. The van der Waals surface area contributed by atoms with Crippen LogP contribution in [0.15, 0.2) is 6.07 Å². The van der Waals surface area contributed by atoms with Crippen molar-refractivity contribution in [3.8, 4) is 0 Å². The number of hydrogen-bond donors (Lipinski definition) is 3. The molecule has 5 nitrogen and oxygen atoms in total. The Morgan fingerprint density at radius 1 is 1.64 bits per heavy atom. The van der Waals surface area contributed by atoms with E-state index in [0.717, 1.165) is 5.69 Å². The van der Waals surface area contributed by atoms with E-state index in [2.05, 4.69) is 10.2 Å². The van der Waals surface area contributed by atoms with Crippen LogP contribution in [-0.2, 0) is 10.2 Å². The van der Waals surface area contributed by atoms with Gasteiger partial charge in [-0.05, 0) is 6.07 Å². The second kappa shape index (κ2) is 3.42. The van der Waals surface area contributed by atoms with E-state index in [4.69, 9.17) is 10.8 Å². The number of aliphatic carboxylic acids is 1. The number of nitrogens with two attached hydrogens (primary N) is 1. The van der Waals surface area contributed by atoms with Gasteiger partial charge in [0.2, 0.25) is 0 Å². The molecule has 1 rings (SSSR count). The van der Waals surface area contributed by atoms with Gasteiger partial charge in [-0.15, -0.1) is 0 Å². The van der Waals surface area contributed by atoms with E-state index in [0.29, 0.717) is 5.69 Å². The lowest BCUT2D eigenvalue weighted by Gasteiger charge is -2.13. The minimum atomic E-state index is -1.06. The van der Waals surface area contributed by atoms with Gasteiger partial charge in [0.1, 0.15) is 6.04 Å². The van der Waals surface area contributed by atoms with Crippen molar-refractivity contribution < 1.29 is 9.90 Å². The minimum absolute atomic E-state index is 0.104. The summed E-state index contributed by atoms with van der Waals surface area (Å²) in [5.41, 5.74) is 6.56. The van der Waals surface area contributed by atoms with Crippen LogP contribution in [0.1, 0.15) is 38.2 Å². The molecule has 0 aromatic carbocycles. The van der Waals surface area contributed by atoms with Crippen LogP contribution in [-0.4, -0.2) is 21.3 Å². The maximum absolute atomic E-state index is 10.6. The first-order valence-electron chi connectivity index (χ1n) is 4.36. The molecule has 0 aliphatic heterocycles. The number of nitrogens with one attached hydrogen (secondary N) is 1. The summed E-state index contributed by atoms with van der Waals surface area (Å²) in [6.45, 7) is 6.00.